The molecule has 0 aromatic carbocycles. The van der Waals surface area contributed by atoms with E-state index in [2.05, 4.69) is 27.8 Å². The summed E-state index contributed by atoms with van der Waals surface area (Å²) in [5.41, 5.74) is 1.05. The second-order valence-corrected chi connectivity index (χ2v) is 5.44. The number of rotatable bonds is 2. The lowest BCUT2D eigenvalue weighted by Crippen LogP contribution is -1.81. The van der Waals surface area contributed by atoms with Gasteiger partial charge in [0.1, 0.15) is 5.76 Å². The Morgan fingerprint density at radius 3 is 2.79 bits per heavy atom. The van der Waals surface area contributed by atoms with E-state index in [-0.39, 0.29) is 0 Å². The first-order chi connectivity index (χ1) is 6.70. The summed E-state index contributed by atoms with van der Waals surface area (Å²) < 4.78 is 6.68. The molecule has 0 amide bonds. The van der Waals surface area contributed by atoms with Gasteiger partial charge in [0.2, 0.25) is 5.89 Å². The number of hydrogen-bond acceptors (Lipinski definition) is 3. The van der Waals surface area contributed by atoms with Gasteiger partial charge in [-0.15, -0.1) is 11.3 Å². The molecule has 74 valence electrons. The minimum Gasteiger partial charge on any atom is -0.440 e. The fraction of sp³-hybridized carbons (Fsp3) is 0.300. The van der Waals surface area contributed by atoms with Gasteiger partial charge in [0.25, 0.3) is 0 Å². The van der Waals surface area contributed by atoms with Gasteiger partial charge < -0.3 is 4.42 Å². The summed E-state index contributed by atoms with van der Waals surface area (Å²) in [4.78, 5) is 5.50. The highest BCUT2D eigenvalue weighted by molar-refractivity contribution is 9.11. The summed E-state index contributed by atoms with van der Waals surface area (Å²) in [5, 5.41) is 0. The third-order valence-electron chi connectivity index (χ3n) is 2.01. The van der Waals surface area contributed by atoms with Gasteiger partial charge in [0, 0.05) is 0 Å². The van der Waals surface area contributed by atoms with E-state index in [0.717, 1.165) is 32.4 Å². The van der Waals surface area contributed by atoms with E-state index in [0.29, 0.717) is 0 Å². The van der Waals surface area contributed by atoms with E-state index >= 15 is 0 Å². The normalized spacial score (nSPS) is 10.8. The third-order valence-corrected chi connectivity index (χ3v) is 3.62. The van der Waals surface area contributed by atoms with Crippen molar-refractivity contribution in [1.82, 2.24) is 4.98 Å². The number of aromatic nitrogens is 1. The smallest absolute Gasteiger partial charge is 0.236 e. The number of aryl methyl sites for hydroxylation is 2. The van der Waals surface area contributed by atoms with E-state index in [1.165, 1.54) is 0 Å². The minimum atomic E-state index is 0.732. The fourth-order valence-corrected chi connectivity index (χ4v) is 2.60. The molecule has 2 rings (SSSR count). The second-order valence-electron chi connectivity index (χ2n) is 2.98. The molecule has 0 bridgehead atoms. The maximum Gasteiger partial charge on any atom is 0.236 e. The topological polar surface area (TPSA) is 26.0 Å². The lowest BCUT2D eigenvalue weighted by molar-refractivity contribution is 0.541. The molecule has 0 spiro atoms. The Kier molecular flexibility index (Phi) is 2.74. The Bertz CT molecular complexity index is 447. The Hall–Kier alpha value is -0.610. The van der Waals surface area contributed by atoms with E-state index in [1.54, 1.807) is 11.3 Å². The first-order valence-corrected chi connectivity index (χ1v) is 6.03. The van der Waals surface area contributed by atoms with Crippen LogP contribution in [-0.2, 0) is 6.42 Å². The zero-order valence-corrected chi connectivity index (χ0v) is 10.4. The quantitative estimate of drug-likeness (QED) is 0.824. The summed E-state index contributed by atoms with van der Waals surface area (Å²) in [5.74, 6) is 1.65. The van der Waals surface area contributed by atoms with E-state index in [9.17, 15) is 0 Å². The highest BCUT2D eigenvalue weighted by atomic mass is 79.9. The standard InChI is InChI=1S/C10H10BrNOS/c1-3-7-6(2)13-10(12-7)8-4-5-9(11)14-8/h4-5H,3H2,1-2H3. The van der Waals surface area contributed by atoms with Crippen molar-refractivity contribution >= 4 is 27.3 Å². The van der Waals surface area contributed by atoms with Crippen molar-refractivity contribution in [3.05, 3.63) is 27.4 Å². The lowest BCUT2D eigenvalue weighted by atomic mass is 10.3. The van der Waals surface area contributed by atoms with Crippen molar-refractivity contribution in [3.8, 4) is 10.8 Å². The zero-order valence-electron chi connectivity index (χ0n) is 8.00. The number of nitrogens with zero attached hydrogens (tertiary/aromatic N) is 1. The van der Waals surface area contributed by atoms with Crippen LogP contribution >= 0.6 is 27.3 Å². The molecule has 0 aliphatic rings. The third kappa shape index (κ3) is 1.77. The van der Waals surface area contributed by atoms with Crippen molar-refractivity contribution in [2.24, 2.45) is 0 Å². The van der Waals surface area contributed by atoms with Crippen molar-refractivity contribution in [3.63, 3.8) is 0 Å². The van der Waals surface area contributed by atoms with Gasteiger partial charge in [-0.05, 0) is 41.4 Å². The average molecular weight is 272 g/mol. The molecule has 0 saturated carbocycles. The molecule has 4 heteroatoms. The monoisotopic (exact) mass is 271 g/mol. The van der Waals surface area contributed by atoms with Crippen LogP contribution in [0.15, 0.2) is 20.3 Å². The highest BCUT2D eigenvalue weighted by Crippen LogP contribution is 2.31. The molecule has 14 heavy (non-hydrogen) atoms. The highest BCUT2D eigenvalue weighted by Gasteiger charge is 2.11. The van der Waals surface area contributed by atoms with E-state index in [1.807, 2.05) is 19.1 Å². The van der Waals surface area contributed by atoms with Crippen molar-refractivity contribution < 1.29 is 4.42 Å². The molecule has 0 atom stereocenters. The summed E-state index contributed by atoms with van der Waals surface area (Å²) in [6, 6.07) is 4.02. The van der Waals surface area contributed by atoms with Gasteiger partial charge in [-0.3, -0.25) is 0 Å². The average Bonchev–Trinajstić information content (AvgIpc) is 2.71. The van der Waals surface area contributed by atoms with Crippen LogP contribution in [0.5, 0.6) is 0 Å². The van der Waals surface area contributed by atoms with Crippen LogP contribution in [0.2, 0.25) is 0 Å². The summed E-state index contributed by atoms with van der Waals surface area (Å²) in [6.07, 6.45) is 0.919. The summed E-state index contributed by atoms with van der Waals surface area (Å²) in [6.45, 7) is 4.04. The van der Waals surface area contributed by atoms with Crippen LogP contribution in [-0.4, -0.2) is 4.98 Å². The maximum absolute atomic E-state index is 5.58. The molecule has 2 heterocycles. The molecule has 0 fully saturated rings. The first kappa shape index (κ1) is 9.93. The molecule has 0 aliphatic heterocycles. The maximum atomic E-state index is 5.58. The van der Waals surface area contributed by atoms with Gasteiger partial charge in [0.05, 0.1) is 14.4 Å². The van der Waals surface area contributed by atoms with Crippen LogP contribution in [0.4, 0.5) is 0 Å². The van der Waals surface area contributed by atoms with E-state index < -0.39 is 0 Å². The van der Waals surface area contributed by atoms with Crippen LogP contribution < -0.4 is 0 Å². The summed E-state index contributed by atoms with van der Waals surface area (Å²) in [7, 11) is 0. The lowest BCUT2D eigenvalue weighted by Gasteiger charge is -1.85. The Balaban J connectivity index is 2.42. The number of halogens is 1. The molecule has 0 radical (unpaired) electrons. The Labute approximate surface area is 95.1 Å². The number of hydrogen-bond donors (Lipinski definition) is 0. The van der Waals surface area contributed by atoms with Crippen molar-refractivity contribution in [1.29, 1.82) is 0 Å². The van der Waals surface area contributed by atoms with Crippen LogP contribution in [0, 0.1) is 6.92 Å². The molecule has 0 N–H and O–H groups in total. The molecular formula is C10H10BrNOS. The van der Waals surface area contributed by atoms with Crippen molar-refractivity contribution in [2.45, 2.75) is 20.3 Å². The molecule has 2 aromatic rings. The van der Waals surface area contributed by atoms with E-state index in [4.69, 9.17) is 4.42 Å². The molecule has 0 saturated heterocycles. The largest absolute Gasteiger partial charge is 0.440 e. The predicted molar refractivity (Wildman–Crippen MR) is 61.6 cm³/mol. The Morgan fingerprint density at radius 1 is 1.50 bits per heavy atom. The second kappa shape index (κ2) is 3.87. The van der Waals surface area contributed by atoms with Gasteiger partial charge in [-0.25, -0.2) is 4.98 Å². The number of thiophene rings is 1. The van der Waals surface area contributed by atoms with Crippen LogP contribution in [0.1, 0.15) is 18.4 Å². The molecule has 0 aliphatic carbocycles. The van der Waals surface area contributed by atoms with Gasteiger partial charge in [-0.1, -0.05) is 6.92 Å². The van der Waals surface area contributed by atoms with Crippen molar-refractivity contribution in [2.75, 3.05) is 0 Å². The SMILES string of the molecule is CCc1nc(-c2ccc(Br)s2)oc1C. The Morgan fingerprint density at radius 2 is 2.29 bits per heavy atom. The van der Waals surface area contributed by atoms with Gasteiger partial charge >= 0.3 is 0 Å². The first-order valence-electron chi connectivity index (χ1n) is 4.42. The van der Waals surface area contributed by atoms with Gasteiger partial charge in [0.15, 0.2) is 0 Å². The zero-order chi connectivity index (χ0) is 10.1. The van der Waals surface area contributed by atoms with Gasteiger partial charge in [-0.2, -0.15) is 0 Å². The molecule has 2 aromatic heterocycles. The summed E-state index contributed by atoms with van der Waals surface area (Å²) >= 11 is 5.05. The molecule has 0 unspecified atom stereocenters. The minimum absolute atomic E-state index is 0.732. The molecular weight excluding hydrogens is 262 g/mol. The fourth-order valence-electron chi connectivity index (χ4n) is 1.29. The predicted octanol–water partition coefficient (Wildman–Crippen LogP) is 4.04. The van der Waals surface area contributed by atoms with Crippen LogP contribution in [0.3, 0.4) is 0 Å². The number of oxazole rings is 1. The molecule has 2 nitrogen and oxygen atoms in total. The van der Waals surface area contributed by atoms with Crippen LogP contribution in [0.25, 0.3) is 10.8 Å².